The minimum Gasteiger partial charge on any atom is -0.379 e. The third kappa shape index (κ3) is 4.39. The number of halogens is 1. The molecule has 1 saturated heterocycles. The molecule has 4 nitrogen and oxygen atoms in total. The molecule has 2 aliphatic rings. The Labute approximate surface area is 137 Å². The first-order valence-corrected chi connectivity index (χ1v) is 8.72. The Kier molecular flexibility index (Phi) is 6.89. The van der Waals surface area contributed by atoms with Gasteiger partial charge in [-0.1, -0.05) is 13.3 Å². The Morgan fingerprint density at radius 1 is 1.48 bits per heavy atom. The monoisotopic (exact) mass is 331 g/mol. The molecule has 2 fully saturated rings. The van der Waals surface area contributed by atoms with Crippen molar-refractivity contribution in [1.82, 2.24) is 15.6 Å². The summed E-state index contributed by atoms with van der Waals surface area (Å²) in [4.78, 5) is 4.64. The SMILES string of the molecule is CCc1nc(CNC2CCCC2C2COCCN2)cs1.Cl. The molecule has 120 valence electrons. The quantitative estimate of drug-likeness (QED) is 0.869. The summed E-state index contributed by atoms with van der Waals surface area (Å²) in [7, 11) is 0. The molecule has 6 heteroatoms. The van der Waals surface area contributed by atoms with Crippen molar-refractivity contribution in [3.63, 3.8) is 0 Å². The molecule has 0 amide bonds. The van der Waals surface area contributed by atoms with Gasteiger partial charge in [-0.2, -0.15) is 0 Å². The van der Waals surface area contributed by atoms with Gasteiger partial charge in [-0.05, 0) is 25.2 Å². The zero-order chi connectivity index (χ0) is 13.8. The van der Waals surface area contributed by atoms with E-state index in [0.717, 1.165) is 32.7 Å². The van der Waals surface area contributed by atoms with E-state index in [0.29, 0.717) is 18.0 Å². The van der Waals surface area contributed by atoms with Gasteiger partial charge < -0.3 is 15.4 Å². The van der Waals surface area contributed by atoms with Crippen molar-refractivity contribution in [2.75, 3.05) is 19.8 Å². The Morgan fingerprint density at radius 3 is 3.10 bits per heavy atom. The average molecular weight is 332 g/mol. The summed E-state index contributed by atoms with van der Waals surface area (Å²) in [5, 5.41) is 10.8. The Morgan fingerprint density at radius 2 is 2.38 bits per heavy atom. The predicted molar refractivity (Wildman–Crippen MR) is 89.3 cm³/mol. The summed E-state index contributed by atoms with van der Waals surface area (Å²) in [5.74, 6) is 0.708. The zero-order valence-corrected chi connectivity index (χ0v) is 14.3. The largest absolute Gasteiger partial charge is 0.379 e. The molecule has 3 rings (SSSR count). The number of nitrogens with zero attached hydrogens (tertiary/aromatic N) is 1. The molecule has 1 saturated carbocycles. The third-order valence-electron chi connectivity index (χ3n) is 4.48. The topological polar surface area (TPSA) is 46.2 Å². The second-order valence-electron chi connectivity index (χ2n) is 5.80. The maximum atomic E-state index is 5.62. The number of hydrogen-bond donors (Lipinski definition) is 2. The number of thiazole rings is 1. The number of ether oxygens (including phenoxy) is 1. The number of hydrogen-bond acceptors (Lipinski definition) is 5. The lowest BCUT2D eigenvalue weighted by Crippen LogP contribution is -2.50. The van der Waals surface area contributed by atoms with Gasteiger partial charge in [0.15, 0.2) is 0 Å². The summed E-state index contributed by atoms with van der Waals surface area (Å²) >= 11 is 1.78. The van der Waals surface area contributed by atoms with Crippen molar-refractivity contribution in [3.05, 3.63) is 16.1 Å². The van der Waals surface area contributed by atoms with Crippen molar-refractivity contribution in [2.24, 2.45) is 5.92 Å². The second-order valence-corrected chi connectivity index (χ2v) is 6.75. The molecule has 2 N–H and O–H groups in total. The Bertz CT molecular complexity index is 423. The smallest absolute Gasteiger partial charge is 0.0926 e. The van der Waals surface area contributed by atoms with Crippen LogP contribution in [0.4, 0.5) is 0 Å². The number of morpholine rings is 1. The van der Waals surface area contributed by atoms with Gasteiger partial charge in [-0.25, -0.2) is 4.98 Å². The van der Waals surface area contributed by atoms with Crippen molar-refractivity contribution in [2.45, 2.75) is 51.2 Å². The molecule has 1 aromatic rings. The normalized spacial score (nSPS) is 29.3. The Hall–Kier alpha value is -0.200. The molecular formula is C15H26ClN3OS. The summed E-state index contributed by atoms with van der Waals surface area (Å²) in [5.41, 5.74) is 1.20. The van der Waals surface area contributed by atoms with Crippen LogP contribution in [0.5, 0.6) is 0 Å². The molecule has 21 heavy (non-hydrogen) atoms. The molecule has 2 heterocycles. The first-order valence-electron chi connectivity index (χ1n) is 7.84. The van der Waals surface area contributed by atoms with Crippen molar-refractivity contribution >= 4 is 23.7 Å². The Balaban J connectivity index is 0.00000161. The molecule has 0 spiro atoms. The summed E-state index contributed by atoms with van der Waals surface area (Å²) in [6.07, 6.45) is 4.97. The number of aryl methyl sites for hydroxylation is 1. The number of nitrogens with one attached hydrogen (secondary N) is 2. The first-order chi connectivity index (χ1) is 9.86. The highest BCUT2D eigenvalue weighted by atomic mass is 35.5. The molecule has 1 aliphatic heterocycles. The lowest BCUT2D eigenvalue weighted by atomic mass is 9.94. The summed E-state index contributed by atoms with van der Waals surface area (Å²) in [6.45, 7) is 5.81. The third-order valence-corrected chi connectivity index (χ3v) is 5.53. The fraction of sp³-hybridized carbons (Fsp3) is 0.800. The van der Waals surface area contributed by atoms with Crippen molar-refractivity contribution in [3.8, 4) is 0 Å². The van der Waals surface area contributed by atoms with Gasteiger partial charge in [0.2, 0.25) is 0 Å². The number of rotatable bonds is 5. The molecule has 1 aromatic heterocycles. The van der Waals surface area contributed by atoms with E-state index >= 15 is 0 Å². The van der Waals surface area contributed by atoms with Crippen LogP contribution in [-0.2, 0) is 17.7 Å². The van der Waals surface area contributed by atoms with E-state index in [-0.39, 0.29) is 12.4 Å². The van der Waals surface area contributed by atoms with E-state index in [1.807, 2.05) is 0 Å². The first kappa shape index (κ1) is 17.2. The van der Waals surface area contributed by atoms with E-state index < -0.39 is 0 Å². The van der Waals surface area contributed by atoms with E-state index in [1.165, 1.54) is 30.0 Å². The zero-order valence-electron chi connectivity index (χ0n) is 12.6. The van der Waals surface area contributed by atoms with Crippen LogP contribution in [0.1, 0.15) is 36.9 Å². The van der Waals surface area contributed by atoms with Crippen LogP contribution in [0, 0.1) is 5.92 Å². The van der Waals surface area contributed by atoms with E-state index in [4.69, 9.17) is 4.74 Å². The van der Waals surface area contributed by atoms with Crippen LogP contribution in [0.25, 0.3) is 0 Å². The summed E-state index contributed by atoms with van der Waals surface area (Å²) < 4.78 is 5.62. The minimum absolute atomic E-state index is 0. The van der Waals surface area contributed by atoms with E-state index in [1.54, 1.807) is 11.3 Å². The van der Waals surface area contributed by atoms with E-state index in [2.05, 4.69) is 27.9 Å². The van der Waals surface area contributed by atoms with Gasteiger partial charge >= 0.3 is 0 Å². The van der Waals surface area contributed by atoms with Crippen molar-refractivity contribution in [1.29, 1.82) is 0 Å². The molecule has 3 atom stereocenters. The molecular weight excluding hydrogens is 306 g/mol. The standard InChI is InChI=1S/C15H25N3OS.ClH/c1-2-15-18-11(10-20-15)8-17-13-5-3-4-12(13)14-9-19-7-6-16-14;/h10,12-14,16-17H,2-9H2,1H3;1H. The van der Waals surface area contributed by atoms with Crippen LogP contribution in [0.15, 0.2) is 5.38 Å². The molecule has 3 unspecified atom stereocenters. The molecule has 0 aromatic carbocycles. The van der Waals surface area contributed by atoms with Gasteiger partial charge in [0.1, 0.15) is 0 Å². The highest BCUT2D eigenvalue weighted by Gasteiger charge is 2.34. The van der Waals surface area contributed by atoms with Gasteiger partial charge in [0, 0.05) is 30.6 Å². The van der Waals surface area contributed by atoms with Gasteiger partial charge in [-0.3, -0.25) is 0 Å². The van der Waals surface area contributed by atoms with Crippen LogP contribution < -0.4 is 10.6 Å². The molecule has 0 radical (unpaired) electrons. The molecule has 0 bridgehead atoms. The number of aromatic nitrogens is 1. The fourth-order valence-electron chi connectivity index (χ4n) is 3.41. The maximum Gasteiger partial charge on any atom is 0.0926 e. The van der Waals surface area contributed by atoms with Gasteiger partial charge in [-0.15, -0.1) is 23.7 Å². The van der Waals surface area contributed by atoms with Crippen LogP contribution in [-0.4, -0.2) is 36.8 Å². The fourth-order valence-corrected chi connectivity index (χ4v) is 4.16. The second kappa shape index (κ2) is 8.44. The van der Waals surface area contributed by atoms with Crippen LogP contribution in [0.2, 0.25) is 0 Å². The highest BCUT2D eigenvalue weighted by molar-refractivity contribution is 7.09. The lowest BCUT2D eigenvalue weighted by Gasteiger charge is -2.32. The van der Waals surface area contributed by atoms with Crippen LogP contribution >= 0.6 is 23.7 Å². The average Bonchev–Trinajstić information content (AvgIpc) is 3.15. The van der Waals surface area contributed by atoms with Gasteiger partial charge in [0.25, 0.3) is 0 Å². The summed E-state index contributed by atoms with van der Waals surface area (Å²) in [6, 6.07) is 1.14. The van der Waals surface area contributed by atoms with Gasteiger partial charge in [0.05, 0.1) is 23.9 Å². The lowest BCUT2D eigenvalue weighted by molar-refractivity contribution is 0.0524. The van der Waals surface area contributed by atoms with Crippen molar-refractivity contribution < 1.29 is 4.74 Å². The predicted octanol–water partition coefficient (Wildman–Crippen LogP) is 2.37. The van der Waals surface area contributed by atoms with Crippen LogP contribution in [0.3, 0.4) is 0 Å². The minimum atomic E-state index is 0. The van der Waals surface area contributed by atoms with E-state index in [9.17, 15) is 0 Å². The maximum absolute atomic E-state index is 5.62. The molecule has 1 aliphatic carbocycles. The highest BCUT2D eigenvalue weighted by Crippen LogP contribution is 2.29.